The largest absolute Gasteiger partial charge is 0.481 e. The summed E-state index contributed by atoms with van der Waals surface area (Å²) in [6.45, 7) is 3.61. The summed E-state index contributed by atoms with van der Waals surface area (Å²) in [5, 5.41) is 50.3. The highest BCUT2D eigenvalue weighted by atomic mass is 16.4. The summed E-state index contributed by atoms with van der Waals surface area (Å²) < 4.78 is 0. The zero-order valence-electron chi connectivity index (χ0n) is 22.1. The van der Waals surface area contributed by atoms with E-state index in [1.165, 1.54) is 70.6 Å². The van der Waals surface area contributed by atoms with Gasteiger partial charge in [0.05, 0.1) is 32.7 Å². The molecular weight excluding hydrogens is 456 g/mol. The number of aliphatic hydroxyl groups is 3. The van der Waals surface area contributed by atoms with Crippen LogP contribution in [-0.4, -0.2) is 68.4 Å². The summed E-state index contributed by atoms with van der Waals surface area (Å²) in [6, 6.07) is 0. The monoisotopic (exact) mass is 508 g/mol. The first kappa shape index (κ1) is 37.8. The van der Waals surface area contributed by atoms with Crippen molar-refractivity contribution in [1.82, 2.24) is 0 Å². The van der Waals surface area contributed by atoms with Crippen LogP contribution < -0.4 is 0 Å². The van der Waals surface area contributed by atoms with Crippen molar-refractivity contribution in [2.45, 2.75) is 123 Å². The van der Waals surface area contributed by atoms with E-state index in [0.29, 0.717) is 12.8 Å². The zero-order chi connectivity index (χ0) is 27.4. The predicted molar refractivity (Wildman–Crippen MR) is 136 cm³/mol. The van der Waals surface area contributed by atoms with E-state index in [2.05, 4.69) is 6.92 Å². The van der Waals surface area contributed by atoms with Gasteiger partial charge in [0, 0.05) is 11.8 Å². The van der Waals surface area contributed by atoms with Crippen molar-refractivity contribution in [3.63, 3.8) is 0 Å². The first-order valence-electron chi connectivity index (χ1n) is 13.1. The number of hydrogen-bond donors (Lipinski definition) is 6. The molecule has 0 aromatic carbocycles. The standard InChI is InChI=1S/C16H32O2.C6H14O3.C4H6O4/c1-2-3-4-5-6-7-8-9-10-11-12-13-14-15-16(17)18;1-2-6(3-7,4-8)5-9;5-3(6)1-2-4(7)8/h2-15H2,1H3,(H,17,18);7-9H,2-5H2,1H3;1-2H2,(H,5,6)(H,7,8). The van der Waals surface area contributed by atoms with Crippen molar-refractivity contribution in [2.24, 2.45) is 5.41 Å². The molecule has 9 nitrogen and oxygen atoms in total. The molecule has 0 rings (SSSR count). The molecule has 0 amide bonds. The fraction of sp³-hybridized carbons (Fsp3) is 0.885. The van der Waals surface area contributed by atoms with Crippen LogP contribution in [-0.2, 0) is 14.4 Å². The maximum Gasteiger partial charge on any atom is 0.303 e. The lowest BCUT2D eigenvalue weighted by Gasteiger charge is -2.24. The number of aliphatic carboxylic acids is 3. The van der Waals surface area contributed by atoms with Crippen LogP contribution in [0.5, 0.6) is 0 Å². The van der Waals surface area contributed by atoms with Crippen LogP contribution in [0.2, 0.25) is 0 Å². The van der Waals surface area contributed by atoms with E-state index >= 15 is 0 Å². The SMILES string of the molecule is CCC(CO)(CO)CO.CCCCCCCCCCCCCCCC(=O)O.O=C(O)CCC(=O)O. The number of rotatable bonds is 21. The molecule has 0 aliphatic heterocycles. The van der Waals surface area contributed by atoms with Crippen molar-refractivity contribution >= 4 is 17.9 Å². The summed E-state index contributed by atoms with van der Waals surface area (Å²) in [7, 11) is 0. The van der Waals surface area contributed by atoms with Crippen molar-refractivity contribution < 1.29 is 45.0 Å². The van der Waals surface area contributed by atoms with Gasteiger partial charge in [-0.2, -0.15) is 0 Å². The minimum absolute atomic E-state index is 0.156. The first-order chi connectivity index (χ1) is 16.6. The summed E-state index contributed by atoms with van der Waals surface area (Å²) >= 11 is 0. The quantitative estimate of drug-likeness (QED) is 0.118. The van der Waals surface area contributed by atoms with Gasteiger partial charge in [0.1, 0.15) is 0 Å². The third kappa shape index (κ3) is 32.3. The van der Waals surface area contributed by atoms with Gasteiger partial charge in [-0.3, -0.25) is 14.4 Å². The van der Waals surface area contributed by atoms with Crippen LogP contribution in [0.1, 0.15) is 123 Å². The summed E-state index contributed by atoms with van der Waals surface area (Å²) in [5.41, 5.74) is -0.667. The molecule has 0 spiro atoms. The maximum absolute atomic E-state index is 10.3. The van der Waals surface area contributed by atoms with Crippen LogP contribution in [0.3, 0.4) is 0 Å². The maximum atomic E-state index is 10.3. The van der Waals surface area contributed by atoms with Crippen LogP contribution in [0, 0.1) is 5.41 Å². The Hall–Kier alpha value is -1.71. The molecule has 0 aliphatic carbocycles. The second-order valence-electron chi connectivity index (χ2n) is 9.00. The molecule has 0 aliphatic rings. The van der Waals surface area contributed by atoms with E-state index in [9.17, 15) is 14.4 Å². The highest BCUT2D eigenvalue weighted by Gasteiger charge is 2.24. The van der Waals surface area contributed by atoms with E-state index < -0.39 is 23.3 Å². The minimum Gasteiger partial charge on any atom is -0.481 e. The summed E-state index contributed by atoms with van der Waals surface area (Å²) in [5.74, 6) is -2.81. The van der Waals surface area contributed by atoms with Gasteiger partial charge in [0.15, 0.2) is 0 Å². The Morgan fingerprint density at radius 1 is 0.486 bits per heavy atom. The lowest BCUT2D eigenvalue weighted by atomic mass is 9.88. The Morgan fingerprint density at radius 3 is 0.971 bits per heavy atom. The van der Waals surface area contributed by atoms with Gasteiger partial charge in [-0.05, 0) is 12.8 Å². The second-order valence-corrected chi connectivity index (χ2v) is 9.00. The van der Waals surface area contributed by atoms with Crippen LogP contribution in [0.4, 0.5) is 0 Å². The Labute approximate surface area is 211 Å². The number of unbranched alkanes of at least 4 members (excludes halogenated alkanes) is 12. The molecular formula is C26H52O9. The average Bonchev–Trinajstić information content (AvgIpc) is 2.83. The molecule has 9 heteroatoms. The molecule has 0 aromatic rings. The lowest BCUT2D eigenvalue weighted by Crippen LogP contribution is -2.32. The van der Waals surface area contributed by atoms with Crippen molar-refractivity contribution in [3.05, 3.63) is 0 Å². The van der Waals surface area contributed by atoms with Gasteiger partial charge >= 0.3 is 17.9 Å². The fourth-order valence-corrected chi connectivity index (χ4v) is 2.99. The predicted octanol–water partition coefficient (Wildman–Crippen LogP) is 4.85. The fourth-order valence-electron chi connectivity index (χ4n) is 2.99. The molecule has 35 heavy (non-hydrogen) atoms. The third-order valence-electron chi connectivity index (χ3n) is 5.80. The molecule has 0 atom stereocenters. The number of carboxylic acid groups (broad SMARTS) is 3. The smallest absolute Gasteiger partial charge is 0.303 e. The lowest BCUT2D eigenvalue weighted by molar-refractivity contribution is -0.143. The Kier molecular flexibility index (Phi) is 30.8. The first-order valence-corrected chi connectivity index (χ1v) is 13.1. The Balaban J connectivity index is -0.000000501. The van der Waals surface area contributed by atoms with Crippen LogP contribution in [0.25, 0.3) is 0 Å². The molecule has 210 valence electrons. The van der Waals surface area contributed by atoms with E-state index in [1.807, 2.05) is 6.92 Å². The van der Waals surface area contributed by atoms with E-state index in [4.69, 9.17) is 30.6 Å². The third-order valence-corrected chi connectivity index (χ3v) is 5.80. The molecule has 0 unspecified atom stereocenters. The topological polar surface area (TPSA) is 173 Å². The summed E-state index contributed by atoms with van der Waals surface area (Å²) in [6.07, 6.45) is 17.3. The van der Waals surface area contributed by atoms with Crippen LogP contribution >= 0.6 is 0 Å². The normalized spacial score (nSPS) is 10.5. The van der Waals surface area contributed by atoms with Crippen LogP contribution in [0.15, 0.2) is 0 Å². The molecule has 0 fully saturated rings. The summed E-state index contributed by atoms with van der Waals surface area (Å²) in [4.78, 5) is 29.6. The minimum atomic E-state index is -1.08. The molecule has 0 bridgehead atoms. The van der Waals surface area contributed by atoms with Gasteiger partial charge in [-0.25, -0.2) is 0 Å². The molecule has 0 radical (unpaired) electrons. The highest BCUT2D eigenvalue weighted by molar-refractivity contribution is 5.75. The van der Waals surface area contributed by atoms with E-state index in [0.717, 1.165) is 12.8 Å². The molecule has 6 N–H and O–H groups in total. The number of carboxylic acids is 3. The second kappa shape index (κ2) is 28.5. The van der Waals surface area contributed by atoms with Crippen molar-refractivity contribution in [3.8, 4) is 0 Å². The molecule has 0 saturated heterocycles. The van der Waals surface area contributed by atoms with Gasteiger partial charge in [0.25, 0.3) is 0 Å². The average molecular weight is 509 g/mol. The number of aliphatic hydroxyl groups excluding tert-OH is 3. The van der Waals surface area contributed by atoms with E-state index in [1.54, 1.807) is 0 Å². The number of hydrogen-bond acceptors (Lipinski definition) is 6. The molecule has 0 heterocycles. The zero-order valence-corrected chi connectivity index (χ0v) is 22.1. The van der Waals surface area contributed by atoms with Gasteiger partial charge in [0.2, 0.25) is 0 Å². The molecule has 0 aromatic heterocycles. The highest BCUT2D eigenvalue weighted by Crippen LogP contribution is 2.18. The van der Waals surface area contributed by atoms with Crippen molar-refractivity contribution in [1.29, 1.82) is 0 Å². The molecule has 0 saturated carbocycles. The van der Waals surface area contributed by atoms with Gasteiger partial charge in [-0.15, -0.1) is 0 Å². The van der Waals surface area contributed by atoms with Gasteiger partial charge < -0.3 is 30.6 Å². The van der Waals surface area contributed by atoms with Crippen molar-refractivity contribution in [2.75, 3.05) is 19.8 Å². The number of carbonyl (C=O) groups is 3. The Bertz CT molecular complexity index is 460. The Morgan fingerprint density at radius 2 is 0.771 bits per heavy atom. The van der Waals surface area contributed by atoms with Gasteiger partial charge in [-0.1, -0.05) is 90.9 Å². The van der Waals surface area contributed by atoms with E-state index in [-0.39, 0.29) is 32.7 Å².